The van der Waals surface area contributed by atoms with Crippen LogP contribution in [0.5, 0.6) is 0 Å². The van der Waals surface area contributed by atoms with E-state index in [1.54, 1.807) is 17.0 Å². The van der Waals surface area contributed by atoms with Gasteiger partial charge in [0.25, 0.3) is 0 Å². The van der Waals surface area contributed by atoms with Crippen LogP contribution in [0.25, 0.3) is 11.5 Å². The molecule has 0 aliphatic carbocycles. The Bertz CT molecular complexity index is 927. The highest BCUT2D eigenvalue weighted by atomic mass is 19.1. The molecule has 0 spiro atoms. The number of nitrogens with one attached hydrogen (secondary N) is 1. The van der Waals surface area contributed by atoms with Crippen LogP contribution in [-0.2, 0) is 6.54 Å². The van der Waals surface area contributed by atoms with E-state index >= 15 is 0 Å². The van der Waals surface area contributed by atoms with E-state index in [0.29, 0.717) is 37.0 Å². The largest absolute Gasteiger partial charge is 0.420 e. The van der Waals surface area contributed by atoms with E-state index in [1.807, 2.05) is 30.3 Å². The van der Waals surface area contributed by atoms with E-state index in [-0.39, 0.29) is 17.8 Å². The molecule has 1 aliphatic heterocycles. The number of hydrogen-bond donors (Lipinski definition) is 1. The molecule has 1 atom stereocenters. The minimum absolute atomic E-state index is 0.00192. The number of amides is 2. The first-order valence-electron chi connectivity index (χ1n) is 9.35. The van der Waals surface area contributed by atoms with Gasteiger partial charge in [0.1, 0.15) is 5.82 Å². The molecule has 0 radical (unpaired) electrons. The third-order valence-corrected chi connectivity index (χ3v) is 4.88. The summed E-state index contributed by atoms with van der Waals surface area (Å²) >= 11 is 0. The average molecular weight is 380 g/mol. The molecule has 2 aromatic carbocycles. The Labute approximate surface area is 162 Å². The molecule has 3 aromatic rings. The predicted molar refractivity (Wildman–Crippen MR) is 102 cm³/mol. The summed E-state index contributed by atoms with van der Waals surface area (Å²) in [6, 6.07) is 15.7. The van der Waals surface area contributed by atoms with Gasteiger partial charge in [0.15, 0.2) is 0 Å². The van der Waals surface area contributed by atoms with Gasteiger partial charge in [-0.3, -0.25) is 0 Å². The van der Waals surface area contributed by atoms with E-state index in [9.17, 15) is 9.18 Å². The second kappa shape index (κ2) is 8.21. The highest BCUT2D eigenvalue weighted by Crippen LogP contribution is 2.28. The molecule has 2 amide bonds. The number of halogens is 1. The van der Waals surface area contributed by atoms with E-state index in [2.05, 4.69) is 15.5 Å². The van der Waals surface area contributed by atoms with Gasteiger partial charge in [-0.1, -0.05) is 30.3 Å². The quantitative estimate of drug-likeness (QED) is 0.744. The van der Waals surface area contributed by atoms with E-state index in [1.165, 1.54) is 12.1 Å². The van der Waals surface area contributed by atoms with Crippen LogP contribution in [0.4, 0.5) is 9.18 Å². The number of benzene rings is 2. The van der Waals surface area contributed by atoms with Gasteiger partial charge in [0.05, 0.1) is 5.92 Å². The number of rotatable bonds is 4. The summed E-state index contributed by atoms with van der Waals surface area (Å²) in [5.74, 6) is 0.561. The zero-order valence-corrected chi connectivity index (χ0v) is 15.3. The number of aromatic nitrogens is 2. The van der Waals surface area contributed by atoms with Gasteiger partial charge >= 0.3 is 6.03 Å². The zero-order chi connectivity index (χ0) is 19.3. The fourth-order valence-corrected chi connectivity index (χ4v) is 3.36. The van der Waals surface area contributed by atoms with Crippen molar-refractivity contribution in [2.75, 3.05) is 13.1 Å². The van der Waals surface area contributed by atoms with Crippen LogP contribution in [-0.4, -0.2) is 34.2 Å². The van der Waals surface area contributed by atoms with Crippen LogP contribution < -0.4 is 5.32 Å². The van der Waals surface area contributed by atoms with E-state index in [4.69, 9.17) is 4.42 Å². The van der Waals surface area contributed by atoms with Crippen molar-refractivity contribution in [2.45, 2.75) is 25.3 Å². The fraction of sp³-hybridized carbons (Fsp3) is 0.286. The summed E-state index contributed by atoms with van der Waals surface area (Å²) in [5, 5.41) is 11.2. The highest BCUT2D eigenvalue weighted by molar-refractivity contribution is 5.74. The maximum absolute atomic E-state index is 13.1. The summed E-state index contributed by atoms with van der Waals surface area (Å²) in [4.78, 5) is 14.3. The fourth-order valence-electron chi connectivity index (χ4n) is 3.36. The summed E-state index contributed by atoms with van der Waals surface area (Å²) in [7, 11) is 0. The molecule has 28 heavy (non-hydrogen) atoms. The lowest BCUT2D eigenvalue weighted by Crippen LogP contribution is -2.44. The van der Waals surface area contributed by atoms with Crippen LogP contribution in [0.2, 0.25) is 0 Å². The molecule has 6 nitrogen and oxygen atoms in total. The summed E-state index contributed by atoms with van der Waals surface area (Å²) < 4.78 is 18.9. The van der Waals surface area contributed by atoms with Crippen molar-refractivity contribution in [3.63, 3.8) is 0 Å². The molecule has 1 aliphatic rings. The van der Waals surface area contributed by atoms with Gasteiger partial charge in [0, 0.05) is 25.2 Å². The van der Waals surface area contributed by atoms with E-state index in [0.717, 1.165) is 18.4 Å². The Morgan fingerprint density at radius 2 is 1.93 bits per heavy atom. The Morgan fingerprint density at radius 1 is 1.14 bits per heavy atom. The minimum atomic E-state index is -0.312. The van der Waals surface area contributed by atoms with Gasteiger partial charge in [-0.25, -0.2) is 9.18 Å². The third-order valence-electron chi connectivity index (χ3n) is 4.88. The predicted octanol–water partition coefficient (Wildman–Crippen LogP) is 3.96. The second-order valence-electron chi connectivity index (χ2n) is 6.88. The molecule has 144 valence electrons. The first kappa shape index (κ1) is 18.2. The number of carbonyl (C=O) groups is 1. The van der Waals surface area contributed by atoms with Gasteiger partial charge in [0.2, 0.25) is 11.8 Å². The van der Waals surface area contributed by atoms with Crippen molar-refractivity contribution in [3.8, 4) is 11.5 Å². The lowest BCUT2D eigenvalue weighted by atomic mass is 9.98. The maximum Gasteiger partial charge on any atom is 0.317 e. The van der Waals surface area contributed by atoms with Gasteiger partial charge in [-0.05, 0) is 42.7 Å². The SMILES string of the molecule is O=C(NCc1ccccc1)N1CCCC(c2nnc(-c3ccc(F)cc3)o2)C1. The van der Waals surface area contributed by atoms with Gasteiger partial charge < -0.3 is 14.6 Å². The number of piperidine rings is 1. The first-order valence-corrected chi connectivity index (χ1v) is 9.35. The van der Waals surface area contributed by atoms with Crippen molar-refractivity contribution in [1.29, 1.82) is 0 Å². The molecule has 1 fully saturated rings. The zero-order valence-electron chi connectivity index (χ0n) is 15.3. The maximum atomic E-state index is 13.1. The molecule has 4 rings (SSSR count). The van der Waals surface area contributed by atoms with Gasteiger partial charge in [-0.15, -0.1) is 10.2 Å². The van der Waals surface area contributed by atoms with E-state index < -0.39 is 0 Å². The Balaban J connectivity index is 1.38. The Morgan fingerprint density at radius 3 is 2.71 bits per heavy atom. The molecule has 1 aromatic heterocycles. The van der Waals surface area contributed by atoms with Crippen molar-refractivity contribution < 1.29 is 13.6 Å². The smallest absolute Gasteiger partial charge is 0.317 e. The minimum Gasteiger partial charge on any atom is -0.420 e. The number of likely N-dealkylation sites (tertiary alicyclic amines) is 1. The molecule has 7 heteroatoms. The number of carbonyl (C=O) groups excluding carboxylic acids is 1. The van der Waals surface area contributed by atoms with Crippen molar-refractivity contribution in [2.24, 2.45) is 0 Å². The van der Waals surface area contributed by atoms with Crippen molar-refractivity contribution >= 4 is 6.03 Å². The normalized spacial score (nSPS) is 16.8. The molecule has 1 saturated heterocycles. The Hall–Kier alpha value is -3.22. The number of hydrogen-bond acceptors (Lipinski definition) is 4. The summed E-state index contributed by atoms with van der Waals surface area (Å²) in [6.07, 6.45) is 1.76. The van der Waals surface area contributed by atoms with Crippen LogP contribution in [0.15, 0.2) is 59.0 Å². The average Bonchev–Trinajstić information content (AvgIpc) is 3.24. The molecule has 1 N–H and O–H groups in total. The van der Waals surface area contributed by atoms with Crippen LogP contribution in [0, 0.1) is 5.82 Å². The molecule has 0 saturated carbocycles. The second-order valence-corrected chi connectivity index (χ2v) is 6.88. The highest BCUT2D eigenvalue weighted by Gasteiger charge is 2.28. The summed E-state index contributed by atoms with van der Waals surface area (Å²) in [6.45, 7) is 1.73. The van der Waals surface area contributed by atoms with Gasteiger partial charge in [-0.2, -0.15) is 0 Å². The van der Waals surface area contributed by atoms with Crippen molar-refractivity contribution in [3.05, 3.63) is 71.9 Å². The molecular weight excluding hydrogens is 359 g/mol. The monoisotopic (exact) mass is 380 g/mol. The molecule has 0 bridgehead atoms. The van der Waals surface area contributed by atoms with Crippen molar-refractivity contribution in [1.82, 2.24) is 20.4 Å². The summed E-state index contributed by atoms with van der Waals surface area (Å²) in [5.41, 5.74) is 1.73. The standard InChI is InChI=1S/C21H21FN4O2/c22-18-10-8-16(9-11-18)19-24-25-20(28-19)17-7-4-12-26(14-17)21(27)23-13-15-5-2-1-3-6-15/h1-3,5-6,8-11,17H,4,7,12-14H2,(H,23,27). The molecular formula is C21H21FN4O2. The molecule has 2 heterocycles. The topological polar surface area (TPSA) is 71.3 Å². The van der Waals surface area contributed by atoms with Crippen LogP contribution in [0.1, 0.15) is 30.2 Å². The lowest BCUT2D eigenvalue weighted by molar-refractivity contribution is 0.174. The Kier molecular flexibility index (Phi) is 5.32. The van der Waals surface area contributed by atoms with Crippen LogP contribution >= 0.6 is 0 Å². The number of nitrogens with zero attached hydrogens (tertiary/aromatic N) is 3. The first-order chi connectivity index (χ1) is 13.7. The molecule has 1 unspecified atom stereocenters. The third kappa shape index (κ3) is 4.19. The number of urea groups is 1. The lowest BCUT2D eigenvalue weighted by Gasteiger charge is -2.31. The van der Waals surface area contributed by atoms with Crippen LogP contribution in [0.3, 0.4) is 0 Å².